The van der Waals surface area contributed by atoms with E-state index in [9.17, 15) is 0 Å². The Morgan fingerprint density at radius 1 is 1.05 bits per heavy atom. The first-order valence-electron chi connectivity index (χ1n) is 5.96. The second-order valence-electron chi connectivity index (χ2n) is 4.21. The zero-order chi connectivity index (χ0) is 13.2. The van der Waals surface area contributed by atoms with Crippen molar-refractivity contribution in [2.24, 2.45) is 0 Å². The molecule has 3 rings (SSSR count). The van der Waals surface area contributed by atoms with Crippen LogP contribution >= 0.6 is 23.2 Å². The number of halogens is 2. The van der Waals surface area contributed by atoms with Crippen molar-refractivity contribution in [1.82, 2.24) is 5.48 Å². The molecule has 0 aliphatic carbocycles. The van der Waals surface area contributed by atoms with E-state index in [1.165, 1.54) is 0 Å². The Labute approximate surface area is 121 Å². The summed E-state index contributed by atoms with van der Waals surface area (Å²) in [5.41, 5.74) is 4.48. The van der Waals surface area contributed by atoms with E-state index in [1.807, 2.05) is 6.07 Å². The van der Waals surface area contributed by atoms with Gasteiger partial charge >= 0.3 is 0 Å². The van der Waals surface area contributed by atoms with Gasteiger partial charge in [-0.1, -0.05) is 23.2 Å². The summed E-state index contributed by atoms with van der Waals surface area (Å²) in [6, 6.07) is 3.66. The standard InChI is InChI=1S/C12H13Cl2N3O2/c13-9-7-11(16-3-5-18-6-4-16)12(8-10(9)14)17-2-1-15-19-17/h1-2,7-8,15H,3-6H2. The highest BCUT2D eigenvalue weighted by Gasteiger charge is 2.21. The monoisotopic (exact) mass is 301 g/mol. The number of nitrogens with one attached hydrogen (secondary N) is 1. The van der Waals surface area contributed by atoms with E-state index < -0.39 is 0 Å². The van der Waals surface area contributed by atoms with Gasteiger partial charge in [-0.05, 0) is 12.1 Å². The molecule has 2 aliphatic rings. The smallest absolute Gasteiger partial charge is 0.0962 e. The van der Waals surface area contributed by atoms with Crippen LogP contribution in [0.4, 0.5) is 11.4 Å². The first-order chi connectivity index (χ1) is 9.25. The first kappa shape index (κ1) is 12.9. The molecular weight excluding hydrogens is 289 g/mol. The van der Waals surface area contributed by atoms with Gasteiger partial charge in [-0.15, -0.1) is 0 Å². The van der Waals surface area contributed by atoms with Crippen molar-refractivity contribution in [1.29, 1.82) is 0 Å². The van der Waals surface area contributed by atoms with E-state index >= 15 is 0 Å². The van der Waals surface area contributed by atoms with Crippen molar-refractivity contribution in [3.05, 3.63) is 34.6 Å². The zero-order valence-corrected chi connectivity index (χ0v) is 11.6. The lowest BCUT2D eigenvalue weighted by molar-refractivity contribution is 0.0887. The normalized spacial score (nSPS) is 18.8. The summed E-state index contributed by atoms with van der Waals surface area (Å²) in [7, 11) is 0. The summed E-state index contributed by atoms with van der Waals surface area (Å²) in [6.45, 7) is 3.04. The van der Waals surface area contributed by atoms with Crippen molar-refractivity contribution < 1.29 is 9.68 Å². The topological polar surface area (TPSA) is 37.0 Å². The lowest BCUT2D eigenvalue weighted by atomic mass is 10.2. The molecule has 0 amide bonds. The molecule has 102 valence electrons. The molecule has 2 heterocycles. The van der Waals surface area contributed by atoms with Gasteiger partial charge in [-0.3, -0.25) is 0 Å². The van der Waals surface area contributed by atoms with Crippen molar-refractivity contribution in [3.63, 3.8) is 0 Å². The summed E-state index contributed by atoms with van der Waals surface area (Å²) < 4.78 is 5.37. The average molecular weight is 302 g/mol. The molecule has 7 heteroatoms. The van der Waals surface area contributed by atoms with Crippen LogP contribution in [0.25, 0.3) is 0 Å². The summed E-state index contributed by atoms with van der Waals surface area (Å²) in [4.78, 5) is 7.48. The predicted octanol–water partition coefficient (Wildman–Crippen LogP) is 2.56. The molecule has 0 atom stereocenters. The minimum atomic E-state index is 0.498. The van der Waals surface area contributed by atoms with E-state index in [0.717, 1.165) is 24.5 Å². The number of anilines is 2. The Morgan fingerprint density at radius 3 is 2.37 bits per heavy atom. The highest BCUT2D eigenvalue weighted by atomic mass is 35.5. The first-order valence-corrected chi connectivity index (χ1v) is 6.71. The quantitative estimate of drug-likeness (QED) is 0.908. The van der Waals surface area contributed by atoms with E-state index in [1.54, 1.807) is 23.5 Å². The maximum Gasteiger partial charge on any atom is 0.0962 e. The van der Waals surface area contributed by atoms with Crippen LogP contribution in [0.3, 0.4) is 0 Å². The molecule has 0 radical (unpaired) electrons. The molecular formula is C12H13Cl2N3O2. The van der Waals surface area contributed by atoms with Crippen LogP contribution in [0.5, 0.6) is 0 Å². The molecule has 0 aromatic heterocycles. The number of hydrogen-bond donors (Lipinski definition) is 1. The number of hydroxylamine groups is 2. The highest BCUT2D eigenvalue weighted by Crippen LogP contribution is 2.38. The molecule has 1 aromatic carbocycles. The Hall–Kier alpha value is -1.14. The fraction of sp³-hybridized carbons (Fsp3) is 0.333. The molecule has 1 fully saturated rings. The third kappa shape index (κ3) is 2.60. The predicted molar refractivity (Wildman–Crippen MR) is 75.3 cm³/mol. The van der Waals surface area contributed by atoms with Crippen LogP contribution in [-0.4, -0.2) is 26.3 Å². The van der Waals surface area contributed by atoms with Crippen molar-refractivity contribution in [3.8, 4) is 0 Å². The maximum absolute atomic E-state index is 6.13. The van der Waals surface area contributed by atoms with Gasteiger partial charge in [0.1, 0.15) is 0 Å². The van der Waals surface area contributed by atoms with Crippen molar-refractivity contribution in [2.75, 3.05) is 36.3 Å². The van der Waals surface area contributed by atoms with E-state index in [0.29, 0.717) is 23.3 Å². The highest BCUT2D eigenvalue weighted by molar-refractivity contribution is 6.42. The molecule has 1 saturated heterocycles. The number of hydrogen-bond acceptors (Lipinski definition) is 5. The molecule has 0 bridgehead atoms. The molecule has 19 heavy (non-hydrogen) atoms. The van der Waals surface area contributed by atoms with Crippen LogP contribution in [-0.2, 0) is 9.68 Å². The van der Waals surface area contributed by atoms with E-state index in [4.69, 9.17) is 32.9 Å². The van der Waals surface area contributed by atoms with Crippen molar-refractivity contribution in [2.45, 2.75) is 0 Å². The van der Waals surface area contributed by atoms with Crippen molar-refractivity contribution >= 4 is 34.6 Å². The van der Waals surface area contributed by atoms with Crippen LogP contribution < -0.4 is 15.4 Å². The van der Waals surface area contributed by atoms with Crippen LogP contribution in [0.15, 0.2) is 24.5 Å². The summed E-state index contributed by atoms with van der Waals surface area (Å²) in [5.74, 6) is 0. The van der Waals surface area contributed by atoms with Gasteiger partial charge in [0.25, 0.3) is 0 Å². The van der Waals surface area contributed by atoms with Crippen LogP contribution in [0.2, 0.25) is 10.0 Å². The number of benzene rings is 1. The third-order valence-electron chi connectivity index (χ3n) is 3.04. The Morgan fingerprint density at radius 2 is 1.74 bits per heavy atom. The maximum atomic E-state index is 6.13. The fourth-order valence-electron chi connectivity index (χ4n) is 2.11. The zero-order valence-electron chi connectivity index (χ0n) is 10.1. The molecule has 2 aliphatic heterocycles. The number of morpholine rings is 1. The summed E-state index contributed by atoms with van der Waals surface area (Å²) in [6.07, 6.45) is 3.48. The van der Waals surface area contributed by atoms with Crippen LogP contribution in [0, 0.1) is 0 Å². The molecule has 0 unspecified atom stereocenters. The van der Waals surface area contributed by atoms with Gasteiger partial charge in [0.05, 0.1) is 40.8 Å². The van der Waals surface area contributed by atoms with E-state index in [2.05, 4.69) is 10.4 Å². The average Bonchev–Trinajstić information content (AvgIpc) is 2.96. The lowest BCUT2D eigenvalue weighted by Crippen LogP contribution is -2.37. The summed E-state index contributed by atoms with van der Waals surface area (Å²) in [5, 5.41) is 2.65. The molecule has 1 aromatic rings. The largest absolute Gasteiger partial charge is 0.378 e. The van der Waals surface area contributed by atoms with Gasteiger partial charge in [0.15, 0.2) is 0 Å². The number of rotatable bonds is 2. The van der Waals surface area contributed by atoms with Crippen LogP contribution in [0.1, 0.15) is 0 Å². The summed E-state index contributed by atoms with van der Waals surface area (Å²) >= 11 is 12.2. The Balaban J connectivity index is 1.99. The SMILES string of the molecule is Clc1cc(N2CCOCC2)c(N2C=CNO2)cc1Cl. The Kier molecular flexibility index (Phi) is 3.70. The minimum Gasteiger partial charge on any atom is -0.378 e. The third-order valence-corrected chi connectivity index (χ3v) is 3.76. The van der Waals surface area contributed by atoms with Gasteiger partial charge in [0, 0.05) is 19.3 Å². The van der Waals surface area contributed by atoms with Gasteiger partial charge < -0.3 is 9.64 Å². The number of nitrogens with zero attached hydrogens (tertiary/aromatic N) is 2. The molecule has 0 spiro atoms. The van der Waals surface area contributed by atoms with Gasteiger partial charge in [0.2, 0.25) is 0 Å². The minimum absolute atomic E-state index is 0.498. The molecule has 5 nitrogen and oxygen atoms in total. The lowest BCUT2D eigenvalue weighted by Gasteiger charge is -2.32. The van der Waals surface area contributed by atoms with E-state index in [-0.39, 0.29) is 0 Å². The Bertz CT molecular complexity index is 504. The molecule has 0 saturated carbocycles. The number of ether oxygens (including phenoxy) is 1. The second-order valence-corrected chi connectivity index (χ2v) is 5.02. The fourth-order valence-corrected chi connectivity index (χ4v) is 2.42. The molecule has 1 N–H and O–H groups in total. The van der Waals surface area contributed by atoms with Gasteiger partial charge in [-0.2, -0.15) is 4.94 Å². The second kappa shape index (κ2) is 5.46. The van der Waals surface area contributed by atoms with Gasteiger partial charge in [-0.25, -0.2) is 10.5 Å².